The first-order valence-electron chi connectivity index (χ1n) is 2.36. The first-order valence-corrected chi connectivity index (χ1v) is 5.07. The fourth-order valence-corrected chi connectivity index (χ4v) is 0.702. The molecule has 0 saturated heterocycles. The van der Waals surface area contributed by atoms with Gasteiger partial charge in [0.05, 0.1) is 7.95 Å². The molecule has 4 unspecified atom stereocenters. The summed E-state index contributed by atoms with van der Waals surface area (Å²) in [4.78, 5) is 0. The van der Waals surface area contributed by atoms with E-state index in [4.69, 9.17) is 5.89 Å². The molecule has 2 nitrogen and oxygen atoms in total. The molecule has 0 saturated carbocycles. The average molecular weight is 158 g/mol. The van der Waals surface area contributed by atoms with Gasteiger partial charge in [0.15, 0.2) is 0 Å². The molecule has 0 aliphatic carbocycles. The zero-order valence-corrected chi connectivity index (χ0v) is 7.16. The van der Waals surface area contributed by atoms with Crippen LogP contribution in [0.4, 0.5) is 0 Å². The summed E-state index contributed by atoms with van der Waals surface area (Å²) in [5, 5.41) is 2.75. The van der Waals surface area contributed by atoms with Gasteiger partial charge in [0.2, 0.25) is 0 Å². The molecule has 0 rings (SSSR count). The van der Waals surface area contributed by atoms with Crippen molar-refractivity contribution in [2.45, 2.75) is 0 Å². The van der Waals surface area contributed by atoms with E-state index in [9.17, 15) is 0 Å². The molecule has 0 fully saturated rings. The lowest BCUT2D eigenvalue weighted by Crippen LogP contribution is -2.04. The molecule has 1 N–H and O–H groups in total. The zero-order valence-electron chi connectivity index (χ0n) is 4.85. The quantitative estimate of drug-likeness (QED) is 0.610. The van der Waals surface area contributed by atoms with E-state index in [1.165, 1.54) is 0 Å². The van der Waals surface area contributed by atoms with Crippen LogP contribution in [-0.4, -0.2) is 13.1 Å². The van der Waals surface area contributed by atoms with Crippen molar-refractivity contribution in [3.63, 3.8) is 0 Å². The molecule has 0 aromatic rings. The highest BCUT2D eigenvalue weighted by molar-refractivity contribution is 8.00. The fourth-order valence-electron chi connectivity index (χ4n) is 0.138. The van der Waals surface area contributed by atoms with Crippen molar-refractivity contribution in [3.8, 4) is 0 Å². The molecular weight excluding hydrogens is 147 g/mol. The highest BCUT2D eigenvalue weighted by Gasteiger charge is 1.77. The Balaban J connectivity index is 2.92. The summed E-state index contributed by atoms with van der Waals surface area (Å²) in [7, 11) is 5.07. The van der Waals surface area contributed by atoms with E-state index in [0.29, 0.717) is 15.0 Å². The summed E-state index contributed by atoms with van der Waals surface area (Å²) >= 11 is 0. The van der Waals surface area contributed by atoms with E-state index in [-0.39, 0.29) is 0 Å². The van der Waals surface area contributed by atoms with E-state index in [0.717, 1.165) is 0 Å². The van der Waals surface area contributed by atoms with Crippen LogP contribution in [0, 0.1) is 0 Å². The van der Waals surface area contributed by atoms with Crippen molar-refractivity contribution in [1.82, 2.24) is 5.09 Å². The molecule has 44 valence electrons. The second-order valence-corrected chi connectivity index (χ2v) is 2.40. The van der Waals surface area contributed by atoms with E-state index in [1.807, 2.05) is 0 Å². The van der Waals surface area contributed by atoms with Gasteiger partial charge in [-0.3, -0.25) is 5.09 Å². The summed E-state index contributed by atoms with van der Waals surface area (Å²) in [6.07, 6.45) is 0. The Morgan fingerprint density at radius 3 is 3.14 bits per heavy atom. The Bertz CT molecular complexity index is 50.5. The predicted molar refractivity (Wildman–Crippen MR) is 41.7 cm³/mol. The SMILES string of the molecule is [2H]C(CNP)OPP. The Kier molecular flexibility index (Phi) is 6.52. The number of nitrogens with one attached hydrogen (secondary N) is 1. The molecule has 0 amide bonds. The van der Waals surface area contributed by atoms with Gasteiger partial charge in [-0.25, -0.2) is 0 Å². The van der Waals surface area contributed by atoms with Gasteiger partial charge in [0.1, 0.15) is 0 Å². The maximum atomic E-state index is 7.07. The molecule has 0 spiro atoms. The first kappa shape index (κ1) is 6.33. The van der Waals surface area contributed by atoms with Crippen LogP contribution in [0.1, 0.15) is 1.37 Å². The molecule has 4 atom stereocenters. The van der Waals surface area contributed by atoms with E-state index >= 15 is 0 Å². The normalized spacial score (nSPS) is 17.7. The third-order valence-corrected chi connectivity index (χ3v) is 1.30. The van der Waals surface area contributed by atoms with Gasteiger partial charge in [0, 0.05) is 15.0 Å². The van der Waals surface area contributed by atoms with Crippen molar-refractivity contribution in [1.29, 1.82) is 0 Å². The van der Waals surface area contributed by atoms with Gasteiger partial charge < -0.3 is 4.52 Å². The molecular formula is C2H10NOP3. The highest BCUT2D eigenvalue weighted by Crippen LogP contribution is 2.19. The number of hydrogen-bond donors (Lipinski definition) is 1. The third kappa shape index (κ3) is 7.21. The standard InChI is InChI=1S/C2H10NOP3/c5-3-1-2-4-7-6/h3,7H,1-2,5-6H2/i2D. The molecule has 0 aromatic carbocycles. The van der Waals surface area contributed by atoms with Gasteiger partial charge >= 0.3 is 0 Å². The van der Waals surface area contributed by atoms with Crippen LogP contribution in [0.3, 0.4) is 0 Å². The van der Waals surface area contributed by atoms with Crippen molar-refractivity contribution >= 4 is 26.8 Å². The average Bonchev–Trinajstić information content (AvgIpc) is 1.68. The monoisotopic (exact) mass is 158 g/mol. The zero-order chi connectivity index (χ0) is 6.41. The second kappa shape index (κ2) is 7.21. The van der Waals surface area contributed by atoms with Gasteiger partial charge in [-0.05, 0) is 0 Å². The largest absolute Gasteiger partial charge is 0.357 e. The van der Waals surface area contributed by atoms with Crippen LogP contribution >= 0.6 is 26.8 Å². The summed E-state index contributed by atoms with van der Waals surface area (Å²) in [5.41, 5.74) is 0. The Morgan fingerprint density at radius 1 is 2.00 bits per heavy atom. The fraction of sp³-hybridized carbons (Fsp3) is 1.00. The molecule has 0 radical (unpaired) electrons. The van der Waals surface area contributed by atoms with Gasteiger partial charge in [-0.15, -0.1) is 0 Å². The van der Waals surface area contributed by atoms with Crippen LogP contribution in [0.2, 0.25) is 0 Å². The van der Waals surface area contributed by atoms with Crippen LogP contribution in [0.25, 0.3) is 0 Å². The highest BCUT2D eigenvalue weighted by atomic mass is 32.0. The van der Waals surface area contributed by atoms with Gasteiger partial charge in [0.25, 0.3) is 0 Å². The summed E-state index contributed by atoms with van der Waals surface area (Å²) in [5.74, 6) is 0. The van der Waals surface area contributed by atoms with Crippen LogP contribution in [-0.2, 0) is 4.52 Å². The lowest BCUT2D eigenvalue weighted by Gasteiger charge is -1.95. The van der Waals surface area contributed by atoms with E-state index in [2.05, 4.69) is 23.4 Å². The second-order valence-electron chi connectivity index (χ2n) is 0.811. The summed E-state index contributed by atoms with van der Waals surface area (Å²) in [6.45, 7) is 0.134. The molecule has 5 heteroatoms. The summed E-state index contributed by atoms with van der Waals surface area (Å²) in [6, 6.07) is 0. The summed E-state index contributed by atoms with van der Waals surface area (Å²) < 4.78 is 11.9. The maximum absolute atomic E-state index is 7.07. The topological polar surface area (TPSA) is 21.3 Å². The minimum absolute atomic E-state index is 0.328. The van der Waals surface area contributed by atoms with Gasteiger partial charge in [-0.2, -0.15) is 0 Å². The van der Waals surface area contributed by atoms with Crippen molar-refractivity contribution in [3.05, 3.63) is 0 Å². The molecule has 0 aliphatic heterocycles. The Labute approximate surface area is 51.8 Å². The van der Waals surface area contributed by atoms with Crippen molar-refractivity contribution < 1.29 is 5.89 Å². The number of hydrogen-bond acceptors (Lipinski definition) is 2. The van der Waals surface area contributed by atoms with Gasteiger partial charge in [-0.1, -0.05) is 18.3 Å². The molecule has 0 aliphatic rings. The van der Waals surface area contributed by atoms with Crippen molar-refractivity contribution in [2.75, 3.05) is 13.1 Å². The minimum Gasteiger partial charge on any atom is -0.357 e. The molecule has 0 heterocycles. The third-order valence-electron chi connectivity index (χ3n) is 0.353. The molecule has 0 bridgehead atoms. The molecule has 0 aromatic heterocycles. The van der Waals surface area contributed by atoms with Crippen LogP contribution in [0.5, 0.6) is 0 Å². The van der Waals surface area contributed by atoms with E-state index in [1.54, 1.807) is 0 Å². The lowest BCUT2D eigenvalue weighted by molar-refractivity contribution is 0.377. The van der Waals surface area contributed by atoms with Crippen molar-refractivity contribution in [2.24, 2.45) is 0 Å². The smallest absolute Gasteiger partial charge is 0.0637 e. The molecule has 7 heavy (non-hydrogen) atoms. The van der Waals surface area contributed by atoms with E-state index < -0.39 is 6.58 Å². The first-order chi connectivity index (χ1) is 3.81. The Morgan fingerprint density at radius 2 is 2.71 bits per heavy atom. The minimum atomic E-state index is -0.427. The lowest BCUT2D eigenvalue weighted by atomic mass is 10.8. The Hall–Kier alpha value is 1.21. The predicted octanol–water partition coefficient (Wildman–Crippen LogP) is 0.766. The van der Waals surface area contributed by atoms with Crippen LogP contribution in [0.15, 0.2) is 0 Å². The van der Waals surface area contributed by atoms with Crippen LogP contribution < -0.4 is 5.09 Å². The number of rotatable bonds is 4. The maximum Gasteiger partial charge on any atom is 0.0637 e.